The average Bonchev–Trinajstić information content (AvgIpc) is 2.39. The lowest BCUT2D eigenvalue weighted by atomic mass is 10.1. The van der Waals surface area contributed by atoms with Gasteiger partial charge in [0, 0.05) is 23.0 Å². The highest BCUT2D eigenvalue weighted by atomic mass is 35.5. The molecule has 18 heavy (non-hydrogen) atoms. The summed E-state index contributed by atoms with van der Waals surface area (Å²) in [5, 5.41) is 12.3. The molecule has 0 heterocycles. The van der Waals surface area contributed by atoms with Crippen LogP contribution in [-0.4, -0.2) is 13.7 Å². The lowest BCUT2D eigenvalue weighted by molar-refractivity contribution is 0.302. The Bertz CT molecular complexity index is 415. The summed E-state index contributed by atoms with van der Waals surface area (Å²) in [7, 11) is 1.91. The van der Waals surface area contributed by atoms with Crippen LogP contribution in [0, 0.1) is 11.3 Å². The quantitative estimate of drug-likeness (QED) is 0.766. The second-order valence-corrected chi connectivity index (χ2v) is 4.59. The third-order valence-electron chi connectivity index (χ3n) is 2.81. The summed E-state index contributed by atoms with van der Waals surface area (Å²) < 4.78 is 5.75. The van der Waals surface area contributed by atoms with Gasteiger partial charge in [-0.25, -0.2) is 0 Å². The molecule has 1 aromatic rings. The van der Waals surface area contributed by atoms with Gasteiger partial charge in [-0.3, -0.25) is 0 Å². The first-order valence-corrected chi connectivity index (χ1v) is 6.53. The van der Waals surface area contributed by atoms with Crippen molar-refractivity contribution in [1.29, 1.82) is 5.26 Å². The molecule has 0 spiro atoms. The molecule has 1 rings (SSSR count). The van der Waals surface area contributed by atoms with Crippen molar-refractivity contribution in [3.63, 3.8) is 0 Å². The third kappa shape index (κ3) is 4.56. The fourth-order valence-electron chi connectivity index (χ4n) is 1.63. The molecule has 0 saturated heterocycles. The number of ether oxygens (including phenoxy) is 1. The number of nitrogens with one attached hydrogen (secondary N) is 1. The van der Waals surface area contributed by atoms with E-state index in [0.717, 1.165) is 24.2 Å². The van der Waals surface area contributed by atoms with E-state index in [1.165, 1.54) is 0 Å². The van der Waals surface area contributed by atoms with Crippen LogP contribution < -0.4 is 10.1 Å². The van der Waals surface area contributed by atoms with Crippen molar-refractivity contribution in [2.24, 2.45) is 0 Å². The first-order chi connectivity index (χ1) is 8.69. The van der Waals surface area contributed by atoms with Gasteiger partial charge in [0.1, 0.15) is 5.75 Å². The molecule has 1 aromatic carbocycles. The highest BCUT2D eigenvalue weighted by Crippen LogP contribution is 2.28. The zero-order valence-electron chi connectivity index (χ0n) is 10.9. The Kier molecular flexibility index (Phi) is 6.56. The lowest BCUT2D eigenvalue weighted by Crippen LogP contribution is -2.14. The number of benzene rings is 1. The van der Waals surface area contributed by atoms with Gasteiger partial charge in [-0.15, -0.1) is 0 Å². The van der Waals surface area contributed by atoms with Gasteiger partial charge in [0.05, 0.1) is 12.7 Å². The van der Waals surface area contributed by atoms with E-state index in [9.17, 15) is 0 Å². The van der Waals surface area contributed by atoms with Gasteiger partial charge < -0.3 is 10.1 Å². The molecular weight excluding hydrogens is 248 g/mol. The van der Waals surface area contributed by atoms with Crippen molar-refractivity contribution >= 4 is 11.6 Å². The van der Waals surface area contributed by atoms with Crippen molar-refractivity contribution in [2.45, 2.75) is 32.2 Å². The molecule has 1 unspecified atom stereocenters. The number of unbranched alkanes of at least 4 members (excludes halogenated alkanes) is 2. The van der Waals surface area contributed by atoms with Gasteiger partial charge in [0.15, 0.2) is 0 Å². The molecular formula is C14H19ClN2O. The van der Waals surface area contributed by atoms with Crippen LogP contribution in [0.3, 0.4) is 0 Å². The molecule has 1 N–H and O–H groups in total. The number of nitriles is 1. The number of nitrogens with zero attached hydrogens (tertiary/aromatic N) is 1. The maximum atomic E-state index is 8.45. The van der Waals surface area contributed by atoms with E-state index in [4.69, 9.17) is 21.6 Å². The Labute approximate surface area is 114 Å². The van der Waals surface area contributed by atoms with Gasteiger partial charge >= 0.3 is 0 Å². The molecule has 98 valence electrons. The lowest BCUT2D eigenvalue weighted by Gasteiger charge is -2.16. The largest absolute Gasteiger partial charge is 0.493 e. The number of rotatable bonds is 7. The summed E-state index contributed by atoms with van der Waals surface area (Å²) in [5.41, 5.74) is 1.06. The molecule has 0 aromatic heterocycles. The Morgan fingerprint density at radius 2 is 2.22 bits per heavy atom. The summed E-state index contributed by atoms with van der Waals surface area (Å²) in [5.74, 6) is 0.859. The predicted molar refractivity (Wildman–Crippen MR) is 73.9 cm³/mol. The fraction of sp³-hybridized carbons (Fsp3) is 0.500. The van der Waals surface area contributed by atoms with Gasteiger partial charge in [0.2, 0.25) is 0 Å². The van der Waals surface area contributed by atoms with E-state index in [-0.39, 0.29) is 6.04 Å². The highest BCUT2D eigenvalue weighted by molar-refractivity contribution is 6.30. The minimum Gasteiger partial charge on any atom is -0.493 e. The molecule has 1 atom stereocenters. The van der Waals surface area contributed by atoms with Crippen molar-refractivity contribution in [3.05, 3.63) is 28.8 Å². The third-order valence-corrected chi connectivity index (χ3v) is 3.05. The minimum atomic E-state index is 0.192. The van der Waals surface area contributed by atoms with Crippen LogP contribution in [0.4, 0.5) is 0 Å². The van der Waals surface area contributed by atoms with Gasteiger partial charge in [-0.1, -0.05) is 11.6 Å². The van der Waals surface area contributed by atoms with E-state index in [0.29, 0.717) is 18.1 Å². The number of hydrogen-bond donors (Lipinski definition) is 1. The average molecular weight is 267 g/mol. The van der Waals surface area contributed by atoms with Crippen molar-refractivity contribution in [3.8, 4) is 11.8 Å². The highest BCUT2D eigenvalue weighted by Gasteiger charge is 2.10. The Hall–Kier alpha value is -1.24. The molecule has 3 nitrogen and oxygen atoms in total. The Balaban J connectivity index is 2.61. The van der Waals surface area contributed by atoms with E-state index >= 15 is 0 Å². The molecule has 0 bridgehead atoms. The topological polar surface area (TPSA) is 45.0 Å². The number of halogens is 1. The summed E-state index contributed by atoms with van der Waals surface area (Å²) in [6, 6.07) is 7.98. The fourth-order valence-corrected chi connectivity index (χ4v) is 1.81. The SMILES string of the molecule is CNC(C)c1cc(Cl)ccc1OCCCCC#N. The van der Waals surface area contributed by atoms with E-state index in [1.54, 1.807) is 0 Å². The molecule has 0 amide bonds. The number of hydrogen-bond acceptors (Lipinski definition) is 3. The standard InChI is InChI=1S/C14H19ClN2O/c1-11(17-2)13-10-12(15)6-7-14(13)18-9-5-3-4-8-16/h6-7,10-11,17H,3-5,9H2,1-2H3. The van der Waals surface area contributed by atoms with E-state index < -0.39 is 0 Å². The molecule has 0 aliphatic heterocycles. The Morgan fingerprint density at radius 3 is 2.89 bits per heavy atom. The molecule has 0 saturated carbocycles. The van der Waals surface area contributed by atoms with E-state index in [2.05, 4.69) is 18.3 Å². The van der Waals surface area contributed by atoms with Gasteiger partial charge in [-0.2, -0.15) is 5.26 Å². The van der Waals surface area contributed by atoms with Crippen LogP contribution in [0.5, 0.6) is 5.75 Å². The summed E-state index contributed by atoms with van der Waals surface area (Å²) in [6.45, 7) is 2.70. The molecule has 4 heteroatoms. The van der Waals surface area contributed by atoms with Gasteiger partial charge in [-0.05, 0) is 45.0 Å². The van der Waals surface area contributed by atoms with Gasteiger partial charge in [0.25, 0.3) is 0 Å². The predicted octanol–water partition coefficient (Wildman–Crippen LogP) is 3.69. The molecule has 0 aliphatic rings. The zero-order valence-corrected chi connectivity index (χ0v) is 11.6. The summed E-state index contributed by atoms with van der Waals surface area (Å²) in [4.78, 5) is 0. The Morgan fingerprint density at radius 1 is 1.44 bits per heavy atom. The first kappa shape index (κ1) is 14.8. The van der Waals surface area contributed by atoms with Crippen LogP contribution in [0.25, 0.3) is 0 Å². The monoisotopic (exact) mass is 266 g/mol. The molecule has 0 radical (unpaired) electrons. The summed E-state index contributed by atoms with van der Waals surface area (Å²) >= 11 is 6.00. The van der Waals surface area contributed by atoms with Crippen LogP contribution in [-0.2, 0) is 0 Å². The van der Waals surface area contributed by atoms with E-state index in [1.807, 2.05) is 25.2 Å². The second kappa shape index (κ2) is 7.97. The first-order valence-electron chi connectivity index (χ1n) is 6.15. The normalized spacial score (nSPS) is 11.9. The second-order valence-electron chi connectivity index (χ2n) is 4.16. The van der Waals surface area contributed by atoms with Crippen LogP contribution in [0.15, 0.2) is 18.2 Å². The van der Waals surface area contributed by atoms with Crippen LogP contribution in [0.2, 0.25) is 5.02 Å². The zero-order chi connectivity index (χ0) is 13.4. The van der Waals surface area contributed by atoms with Crippen LogP contribution >= 0.6 is 11.6 Å². The molecule has 0 fully saturated rings. The summed E-state index contributed by atoms with van der Waals surface area (Å²) in [6.07, 6.45) is 2.36. The molecule has 0 aliphatic carbocycles. The maximum absolute atomic E-state index is 8.45. The maximum Gasteiger partial charge on any atom is 0.124 e. The van der Waals surface area contributed by atoms with Crippen molar-refractivity contribution < 1.29 is 4.74 Å². The van der Waals surface area contributed by atoms with Crippen LogP contribution in [0.1, 0.15) is 37.8 Å². The van der Waals surface area contributed by atoms with Crippen molar-refractivity contribution in [1.82, 2.24) is 5.32 Å². The van der Waals surface area contributed by atoms with Crippen molar-refractivity contribution in [2.75, 3.05) is 13.7 Å². The minimum absolute atomic E-state index is 0.192. The smallest absolute Gasteiger partial charge is 0.124 e.